The zero-order valence-corrected chi connectivity index (χ0v) is 25.5. The van der Waals surface area contributed by atoms with E-state index >= 15 is 0 Å². The van der Waals surface area contributed by atoms with Crippen LogP contribution in [0.25, 0.3) is 12.2 Å². The number of nitro benzene ring substituents is 1. The minimum Gasteiger partial charge on any atom is -0.378 e. The first-order valence-electron chi connectivity index (χ1n) is 14.2. The van der Waals surface area contributed by atoms with Crippen LogP contribution in [0.4, 0.5) is 17.1 Å². The second kappa shape index (κ2) is 11.5. The summed E-state index contributed by atoms with van der Waals surface area (Å²) in [7, 11) is 8.07. The lowest BCUT2D eigenvalue weighted by Crippen LogP contribution is -2.39. The van der Waals surface area contributed by atoms with Crippen molar-refractivity contribution in [1.82, 2.24) is 4.57 Å². The van der Waals surface area contributed by atoms with Gasteiger partial charge in [0.15, 0.2) is 4.80 Å². The highest BCUT2D eigenvalue weighted by Gasteiger charge is 2.32. The van der Waals surface area contributed by atoms with Crippen molar-refractivity contribution in [1.29, 1.82) is 0 Å². The topological polar surface area (TPSA) is 84.0 Å². The molecule has 9 heteroatoms. The van der Waals surface area contributed by atoms with Crippen LogP contribution in [0.15, 0.2) is 99.4 Å². The van der Waals surface area contributed by atoms with E-state index in [1.165, 1.54) is 17.4 Å². The third kappa shape index (κ3) is 5.44. The highest BCUT2D eigenvalue weighted by molar-refractivity contribution is 7.07. The summed E-state index contributed by atoms with van der Waals surface area (Å²) in [6.45, 7) is 0. The molecule has 0 saturated carbocycles. The molecule has 1 aliphatic heterocycles. The van der Waals surface area contributed by atoms with E-state index in [1.807, 2.05) is 28.2 Å². The number of allylic oxidation sites excluding steroid dienone is 2. The number of hydrogen-bond acceptors (Lipinski definition) is 7. The van der Waals surface area contributed by atoms with Gasteiger partial charge >= 0.3 is 0 Å². The predicted octanol–water partition coefficient (Wildman–Crippen LogP) is 5.52. The molecule has 0 radical (unpaired) electrons. The molecule has 2 heterocycles. The van der Waals surface area contributed by atoms with Crippen molar-refractivity contribution in [3.8, 4) is 0 Å². The number of aromatic nitrogens is 1. The van der Waals surface area contributed by atoms with Crippen LogP contribution in [0.2, 0.25) is 0 Å². The highest BCUT2D eigenvalue weighted by Crippen LogP contribution is 2.41. The maximum atomic E-state index is 14.1. The Morgan fingerprint density at radius 2 is 1.56 bits per heavy atom. The Balaban J connectivity index is 1.55. The molecule has 0 bridgehead atoms. The quantitative estimate of drug-likeness (QED) is 0.218. The number of benzene rings is 3. The van der Waals surface area contributed by atoms with Crippen molar-refractivity contribution in [3.63, 3.8) is 0 Å². The predicted molar refractivity (Wildman–Crippen MR) is 175 cm³/mol. The Bertz CT molecular complexity index is 1950. The average molecular weight is 592 g/mol. The zero-order valence-electron chi connectivity index (χ0n) is 24.7. The summed E-state index contributed by atoms with van der Waals surface area (Å²) in [5, 5.41) is 11.7. The summed E-state index contributed by atoms with van der Waals surface area (Å²) in [5.41, 5.74) is 7.75. The first kappa shape index (κ1) is 28.4. The molecule has 0 N–H and O–H groups in total. The van der Waals surface area contributed by atoms with E-state index in [1.54, 1.807) is 28.8 Å². The Morgan fingerprint density at radius 3 is 2.21 bits per heavy atom. The zero-order chi connectivity index (χ0) is 30.2. The number of anilines is 2. The van der Waals surface area contributed by atoms with E-state index in [0.717, 1.165) is 58.6 Å². The van der Waals surface area contributed by atoms with Crippen LogP contribution in [0.3, 0.4) is 0 Å². The molecule has 2 aliphatic rings. The van der Waals surface area contributed by atoms with E-state index < -0.39 is 4.92 Å². The molecule has 1 aliphatic carbocycles. The van der Waals surface area contributed by atoms with Gasteiger partial charge in [0.2, 0.25) is 0 Å². The number of hydrogen-bond donors (Lipinski definition) is 0. The van der Waals surface area contributed by atoms with Crippen molar-refractivity contribution in [2.45, 2.75) is 25.3 Å². The second-order valence-corrected chi connectivity index (χ2v) is 12.3. The lowest BCUT2D eigenvalue weighted by molar-refractivity contribution is -0.385. The van der Waals surface area contributed by atoms with Crippen LogP contribution in [0, 0.1) is 10.1 Å². The molecule has 0 amide bonds. The van der Waals surface area contributed by atoms with Gasteiger partial charge in [-0.3, -0.25) is 19.5 Å². The highest BCUT2D eigenvalue weighted by atomic mass is 32.1. The lowest BCUT2D eigenvalue weighted by Gasteiger charge is -2.31. The maximum Gasteiger partial charge on any atom is 0.276 e. The van der Waals surface area contributed by atoms with Gasteiger partial charge in [-0.15, -0.1) is 0 Å². The molecule has 4 aromatic rings. The van der Waals surface area contributed by atoms with Crippen molar-refractivity contribution in [2.24, 2.45) is 4.99 Å². The average Bonchev–Trinajstić information content (AvgIpc) is 3.31. The van der Waals surface area contributed by atoms with Crippen molar-refractivity contribution >= 4 is 40.6 Å². The third-order valence-corrected chi connectivity index (χ3v) is 9.01. The molecular weight excluding hydrogens is 558 g/mol. The number of thiazole rings is 1. The van der Waals surface area contributed by atoms with E-state index in [2.05, 4.69) is 64.4 Å². The van der Waals surface area contributed by atoms with Gasteiger partial charge in [0.25, 0.3) is 11.2 Å². The Hall–Kier alpha value is -4.76. The standard InChI is InChI=1S/C34H33N5O3S/c1-36(2)26-16-12-22(13-17-26)20-25-9-7-10-28-31(25)35-34-38(32(28)23-14-18-27(19-15-23)37(3)4)33(40)30(43-34)21-24-8-5-6-11-29(24)39(41)42/h5-6,8,11-21,32H,7,9-10H2,1-4H3. The van der Waals surface area contributed by atoms with Gasteiger partial charge in [0, 0.05) is 45.6 Å². The third-order valence-electron chi connectivity index (χ3n) is 8.03. The number of nitrogens with zero attached hydrogens (tertiary/aromatic N) is 5. The number of rotatable bonds is 6. The summed E-state index contributed by atoms with van der Waals surface area (Å²) in [6.07, 6.45) is 6.53. The van der Waals surface area contributed by atoms with E-state index in [9.17, 15) is 14.9 Å². The molecule has 3 aromatic carbocycles. The SMILES string of the molecule is CN(C)c1ccc(C=C2CCCC3=C2N=c2sc(=Cc4ccccc4[N+](=O)[O-])c(=O)n2C3c2ccc(N(C)C)cc2)cc1. The van der Waals surface area contributed by atoms with Gasteiger partial charge in [-0.1, -0.05) is 47.7 Å². The van der Waals surface area contributed by atoms with Crippen LogP contribution < -0.4 is 24.7 Å². The molecule has 218 valence electrons. The largest absolute Gasteiger partial charge is 0.378 e. The summed E-state index contributed by atoms with van der Waals surface area (Å²) < 4.78 is 2.21. The number of fused-ring (bicyclic) bond motifs is 1. The molecular formula is C34H33N5O3S. The van der Waals surface area contributed by atoms with Gasteiger partial charge in [-0.2, -0.15) is 0 Å². The summed E-state index contributed by atoms with van der Waals surface area (Å²) >= 11 is 1.28. The van der Waals surface area contributed by atoms with Gasteiger partial charge in [0.05, 0.1) is 26.8 Å². The monoisotopic (exact) mass is 591 g/mol. The summed E-state index contributed by atoms with van der Waals surface area (Å²) in [6, 6.07) is 23.0. The maximum absolute atomic E-state index is 14.1. The van der Waals surface area contributed by atoms with Crippen LogP contribution in [0.1, 0.15) is 42.0 Å². The van der Waals surface area contributed by atoms with Crippen LogP contribution in [-0.4, -0.2) is 37.7 Å². The molecule has 0 saturated heterocycles. The molecule has 0 fully saturated rings. The number of para-hydroxylation sites is 1. The van der Waals surface area contributed by atoms with Crippen molar-refractivity contribution in [2.75, 3.05) is 38.0 Å². The Morgan fingerprint density at radius 1 is 0.907 bits per heavy atom. The fourth-order valence-electron chi connectivity index (χ4n) is 5.80. The lowest BCUT2D eigenvalue weighted by atomic mass is 9.83. The summed E-state index contributed by atoms with van der Waals surface area (Å²) in [4.78, 5) is 35.2. The Kier molecular flexibility index (Phi) is 7.58. The molecule has 1 atom stereocenters. The molecule has 43 heavy (non-hydrogen) atoms. The molecule has 1 unspecified atom stereocenters. The minimum atomic E-state index is -0.418. The van der Waals surface area contributed by atoms with E-state index in [4.69, 9.17) is 4.99 Å². The van der Waals surface area contributed by atoms with E-state index in [-0.39, 0.29) is 17.3 Å². The van der Waals surface area contributed by atoms with E-state index in [0.29, 0.717) is 14.9 Å². The van der Waals surface area contributed by atoms with Crippen LogP contribution in [0.5, 0.6) is 0 Å². The van der Waals surface area contributed by atoms with Gasteiger partial charge in [-0.25, -0.2) is 4.99 Å². The smallest absolute Gasteiger partial charge is 0.276 e. The molecule has 1 aromatic heterocycles. The normalized spacial score (nSPS) is 17.3. The van der Waals surface area contributed by atoms with Gasteiger partial charge < -0.3 is 9.80 Å². The Labute approximate surface area is 254 Å². The fraction of sp³-hybridized carbons (Fsp3) is 0.235. The van der Waals surface area contributed by atoms with Gasteiger partial charge in [0.1, 0.15) is 0 Å². The van der Waals surface area contributed by atoms with Crippen LogP contribution >= 0.6 is 11.3 Å². The van der Waals surface area contributed by atoms with Crippen molar-refractivity contribution in [3.05, 3.63) is 136 Å². The first-order chi connectivity index (χ1) is 20.7. The minimum absolute atomic E-state index is 0.0334. The van der Waals surface area contributed by atoms with Gasteiger partial charge in [-0.05, 0) is 84.0 Å². The number of nitro groups is 1. The fourth-order valence-corrected chi connectivity index (χ4v) is 6.79. The molecule has 0 spiro atoms. The summed E-state index contributed by atoms with van der Waals surface area (Å²) in [5.74, 6) is 0. The first-order valence-corrected chi connectivity index (χ1v) is 15.1. The molecule has 6 rings (SSSR count). The van der Waals surface area contributed by atoms with Crippen LogP contribution in [-0.2, 0) is 0 Å². The molecule has 8 nitrogen and oxygen atoms in total. The van der Waals surface area contributed by atoms with Crippen molar-refractivity contribution < 1.29 is 4.92 Å². The second-order valence-electron chi connectivity index (χ2n) is 11.3.